The third kappa shape index (κ3) is 4.91. The molecule has 10 heteroatoms. The van der Waals surface area contributed by atoms with Gasteiger partial charge in [-0.2, -0.15) is 4.31 Å². The Kier molecular flexibility index (Phi) is 6.87. The summed E-state index contributed by atoms with van der Waals surface area (Å²) in [5.74, 6) is -1.51. The second-order valence-corrected chi connectivity index (χ2v) is 11.0. The van der Waals surface area contributed by atoms with Crippen LogP contribution in [0.3, 0.4) is 0 Å². The number of piperazine rings is 1. The second-order valence-electron chi connectivity index (χ2n) is 9.09. The average Bonchev–Trinajstić information content (AvgIpc) is 2.93. The van der Waals surface area contributed by atoms with Crippen LogP contribution in [0.5, 0.6) is 5.75 Å². The van der Waals surface area contributed by atoms with E-state index in [1.165, 1.54) is 16.3 Å². The molecule has 194 valence electrons. The van der Waals surface area contributed by atoms with Crippen LogP contribution in [0.15, 0.2) is 65.6 Å². The molecule has 1 fully saturated rings. The van der Waals surface area contributed by atoms with E-state index in [-0.39, 0.29) is 23.5 Å². The fourth-order valence-electron chi connectivity index (χ4n) is 4.88. The summed E-state index contributed by atoms with van der Waals surface area (Å²) in [6.45, 7) is 1.99. The van der Waals surface area contributed by atoms with Crippen LogP contribution in [0.25, 0.3) is 0 Å². The van der Waals surface area contributed by atoms with E-state index in [1.807, 2.05) is 29.2 Å². The maximum Gasteiger partial charge on any atom is 0.257 e. The highest BCUT2D eigenvalue weighted by molar-refractivity contribution is 7.89. The van der Waals surface area contributed by atoms with Crippen LogP contribution in [0.4, 0.5) is 14.5 Å². The van der Waals surface area contributed by atoms with Gasteiger partial charge in [0, 0.05) is 39.3 Å². The van der Waals surface area contributed by atoms with E-state index in [1.54, 1.807) is 18.2 Å². The number of amides is 1. The van der Waals surface area contributed by atoms with Crippen molar-refractivity contribution in [3.8, 4) is 5.75 Å². The van der Waals surface area contributed by atoms with Gasteiger partial charge in [0.15, 0.2) is 0 Å². The first kappa shape index (κ1) is 25.2. The summed E-state index contributed by atoms with van der Waals surface area (Å²) in [6, 6.07) is 15.5. The van der Waals surface area contributed by atoms with Crippen molar-refractivity contribution in [1.29, 1.82) is 0 Å². The lowest BCUT2D eigenvalue weighted by Crippen LogP contribution is -2.49. The lowest BCUT2D eigenvalue weighted by molar-refractivity contribution is 0.0741. The van der Waals surface area contributed by atoms with Gasteiger partial charge in [-0.3, -0.25) is 4.79 Å². The third-order valence-corrected chi connectivity index (χ3v) is 8.79. The van der Waals surface area contributed by atoms with E-state index < -0.39 is 27.6 Å². The van der Waals surface area contributed by atoms with Gasteiger partial charge in [-0.05, 0) is 53.9 Å². The highest BCUT2D eigenvalue weighted by atomic mass is 32.2. The molecular formula is C27H27F2N3O4S. The molecule has 0 spiro atoms. The fraction of sp³-hybridized carbons (Fsp3) is 0.296. The summed E-state index contributed by atoms with van der Waals surface area (Å²) >= 11 is 0. The summed E-state index contributed by atoms with van der Waals surface area (Å²) in [5, 5.41) is 0. The molecule has 2 aliphatic rings. The quantitative estimate of drug-likeness (QED) is 0.507. The first-order valence-electron chi connectivity index (χ1n) is 12.0. The largest absolute Gasteiger partial charge is 0.495 e. The lowest BCUT2D eigenvalue weighted by Gasteiger charge is -2.37. The van der Waals surface area contributed by atoms with E-state index in [0.717, 1.165) is 29.3 Å². The molecule has 1 saturated heterocycles. The minimum atomic E-state index is -3.75. The zero-order chi connectivity index (χ0) is 26.2. The summed E-state index contributed by atoms with van der Waals surface area (Å²) in [5.41, 5.74) is 2.46. The maximum absolute atomic E-state index is 14.1. The average molecular weight is 528 g/mol. The van der Waals surface area contributed by atoms with Crippen LogP contribution in [0.2, 0.25) is 0 Å². The predicted octanol–water partition coefficient (Wildman–Crippen LogP) is 3.68. The number of benzene rings is 3. The van der Waals surface area contributed by atoms with Crippen LogP contribution in [0.1, 0.15) is 21.5 Å². The van der Waals surface area contributed by atoms with Crippen LogP contribution < -0.4 is 9.64 Å². The molecule has 2 aliphatic heterocycles. The number of carbonyl (C=O) groups excluding carboxylic acids is 1. The normalized spacial score (nSPS) is 16.4. The first-order valence-corrected chi connectivity index (χ1v) is 13.5. The molecule has 3 aromatic rings. The zero-order valence-corrected chi connectivity index (χ0v) is 21.2. The minimum Gasteiger partial charge on any atom is -0.495 e. The number of methoxy groups -OCH3 is 1. The number of anilines is 1. The van der Waals surface area contributed by atoms with Crippen molar-refractivity contribution in [2.24, 2.45) is 0 Å². The van der Waals surface area contributed by atoms with Crippen molar-refractivity contribution in [2.75, 3.05) is 44.7 Å². The number of ether oxygens (including phenoxy) is 1. The Balaban J connectivity index is 1.34. The molecule has 0 N–H and O–H groups in total. The van der Waals surface area contributed by atoms with Gasteiger partial charge in [0.2, 0.25) is 10.0 Å². The molecule has 0 radical (unpaired) electrons. The van der Waals surface area contributed by atoms with Gasteiger partial charge in [0.05, 0.1) is 23.3 Å². The van der Waals surface area contributed by atoms with E-state index >= 15 is 0 Å². The number of nitrogens with zero attached hydrogens (tertiary/aromatic N) is 3. The van der Waals surface area contributed by atoms with Gasteiger partial charge in [0.25, 0.3) is 5.91 Å². The highest BCUT2D eigenvalue weighted by Gasteiger charge is 2.31. The molecule has 0 aromatic heterocycles. The Bertz CT molecular complexity index is 1440. The molecular weight excluding hydrogens is 500 g/mol. The van der Waals surface area contributed by atoms with Crippen molar-refractivity contribution >= 4 is 21.6 Å². The number of halogens is 2. The van der Waals surface area contributed by atoms with Gasteiger partial charge >= 0.3 is 0 Å². The Morgan fingerprint density at radius 2 is 1.62 bits per heavy atom. The van der Waals surface area contributed by atoms with Crippen molar-refractivity contribution < 1.29 is 26.7 Å². The van der Waals surface area contributed by atoms with Crippen LogP contribution in [0, 0.1) is 11.6 Å². The summed E-state index contributed by atoms with van der Waals surface area (Å²) in [7, 11) is -2.24. The summed E-state index contributed by atoms with van der Waals surface area (Å²) in [6.07, 6.45) is 0.653. The smallest absolute Gasteiger partial charge is 0.257 e. The van der Waals surface area contributed by atoms with Crippen molar-refractivity contribution in [3.63, 3.8) is 0 Å². The van der Waals surface area contributed by atoms with Gasteiger partial charge in [0.1, 0.15) is 17.4 Å². The molecule has 3 aromatic carbocycles. The van der Waals surface area contributed by atoms with Crippen molar-refractivity contribution in [1.82, 2.24) is 9.21 Å². The zero-order valence-electron chi connectivity index (χ0n) is 20.4. The van der Waals surface area contributed by atoms with Crippen LogP contribution in [-0.2, 0) is 23.0 Å². The predicted molar refractivity (Wildman–Crippen MR) is 135 cm³/mol. The molecule has 0 atom stereocenters. The SMILES string of the molecule is COc1ccc(S(=O)(=O)N2CCc3ccccc3C2)cc1N1CCN(C(=O)c2cc(F)ccc2F)CC1. The van der Waals surface area contributed by atoms with E-state index in [9.17, 15) is 22.0 Å². The highest BCUT2D eigenvalue weighted by Crippen LogP contribution is 2.34. The molecule has 2 heterocycles. The standard InChI is InChI=1S/C27H27F2N3O4S/c1-36-26-9-7-22(37(34,35)32-11-10-19-4-2-3-5-20(19)18-32)17-25(26)30-12-14-31(15-13-30)27(33)23-16-21(28)6-8-24(23)29/h2-9,16-17H,10-15,18H2,1H3. The Morgan fingerprint density at radius 3 is 2.35 bits per heavy atom. The summed E-state index contributed by atoms with van der Waals surface area (Å²) < 4.78 is 61.8. The molecule has 7 nitrogen and oxygen atoms in total. The van der Waals surface area contributed by atoms with Gasteiger partial charge in [-0.1, -0.05) is 24.3 Å². The second kappa shape index (κ2) is 10.1. The molecule has 5 rings (SSSR count). The third-order valence-electron chi connectivity index (χ3n) is 6.95. The van der Waals surface area contributed by atoms with E-state index in [4.69, 9.17) is 4.74 Å². The Morgan fingerprint density at radius 1 is 0.892 bits per heavy atom. The topological polar surface area (TPSA) is 70.2 Å². The molecule has 0 aliphatic carbocycles. The number of sulfonamides is 1. The van der Waals surface area contributed by atoms with Gasteiger partial charge < -0.3 is 14.5 Å². The monoisotopic (exact) mass is 527 g/mol. The van der Waals surface area contributed by atoms with Crippen molar-refractivity contribution in [3.05, 3.63) is 89.0 Å². The fourth-order valence-corrected chi connectivity index (χ4v) is 6.32. The summed E-state index contributed by atoms with van der Waals surface area (Å²) in [4.78, 5) is 16.4. The molecule has 0 unspecified atom stereocenters. The Labute approximate surface area is 214 Å². The molecule has 0 bridgehead atoms. The maximum atomic E-state index is 14.1. The number of fused-ring (bicyclic) bond motifs is 1. The van der Waals surface area contributed by atoms with E-state index in [2.05, 4.69) is 0 Å². The van der Waals surface area contributed by atoms with E-state index in [0.29, 0.717) is 44.0 Å². The van der Waals surface area contributed by atoms with Crippen LogP contribution >= 0.6 is 0 Å². The van der Waals surface area contributed by atoms with Gasteiger partial charge in [-0.15, -0.1) is 0 Å². The molecule has 1 amide bonds. The number of hydrogen-bond acceptors (Lipinski definition) is 5. The minimum absolute atomic E-state index is 0.169. The number of carbonyl (C=O) groups is 1. The first-order chi connectivity index (χ1) is 17.8. The number of rotatable bonds is 5. The van der Waals surface area contributed by atoms with Crippen molar-refractivity contribution in [2.45, 2.75) is 17.9 Å². The van der Waals surface area contributed by atoms with Gasteiger partial charge in [-0.25, -0.2) is 17.2 Å². The molecule has 37 heavy (non-hydrogen) atoms. The molecule has 0 saturated carbocycles. The lowest BCUT2D eigenvalue weighted by atomic mass is 10.0. The Hall–Kier alpha value is -3.50. The van der Waals surface area contributed by atoms with Crippen LogP contribution in [-0.4, -0.2) is 63.4 Å². The number of hydrogen-bond donors (Lipinski definition) is 0.